The summed E-state index contributed by atoms with van der Waals surface area (Å²) in [5.74, 6) is 0.654. The maximum Gasteiger partial charge on any atom is 0.291 e. The lowest BCUT2D eigenvalue weighted by molar-refractivity contribution is 0.0929. The summed E-state index contributed by atoms with van der Waals surface area (Å²) in [6.07, 6.45) is 0.729. The fraction of sp³-hybridized carbons (Fsp3) is 0.400. The third-order valence-electron chi connectivity index (χ3n) is 3.31. The van der Waals surface area contributed by atoms with Gasteiger partial charge < -0.3 is 5.32 Å². The first-order valence-corrected chi connectivity index (χ1v) is 6.80. The summed E-state index contributed by atoms with van der Waals surface area (Å²) in [5, 5.41) is 9.59. The van der Waals surface area contributed by atoms with Crippen molar-refractivity contribution in [2.24, 2.45) is 0 Å². The summed E-state index contributed by atoms with van der Waals surface area (Å²) in [5.41, 5.74) is 3.49. The van der Waals surface area contributed by atoms with Crippen molar-refractivity contribution in [1.82, 2.24) is 20.5 Å². The summed E-state index contributed by atoms with van der Waals surface area (Å²) in [6.45, 7) is 8.02. The predicted octanol–water partition coefficient (Wildman–Crippen LogP) is 2.47. The zero-order valence-electron chi connectivity index (χ0n) is 12.3. The van der Waals surface area contributed by atoms with Crippen molar-refractivity contribution in [3.05, 3.63) is 46.5 Å². The number of carbonyl (C=O) groups is 1. The van der Waals surface area contributed by atoms with Crippen LogP contribution in [0, 0.1) is 13.8 Å². The van der Waals surface area contributed by atoms with Crippen LogP contribution in [0.4, 0.5) is 0 Å². The molecule has 1 aromatic heterocycles. The molecule has 0 aliphatic heterocycles. The Morgan fingerprint density at radius 1 is 1.40 bits per heavy atom. The molecule has 0 bridgehead atoms. The Balaban J connectivity index is 2.10. The number of aryl methyl sites for hydroxylation is 3. The molecule has 106 valence electrons. The van der Waals surface area contributed by atoms with Crippen molar-refractivity contribution in [2.45, 2.75) is 40.2 Å². The average Bonchev–Trinajstić information content (AvgIpc) is 2.87. The van der Waals surface area contributed by atoms with Gasteiger partial charge in [0.2, 0.25) is 5.82 Å². The van der Waals surface area contributed by atoms with Crippen molar-refractivity contribution in [2.75, 3.05) is 0 Å². The normalized spacial score (nSPS) is 12.2. The molecular formula is C15H20N4O. The van der Waals surface area contributed by atoms with E-state index < -0.39 is 0 Å². The zero-order valence-corrected chi connectivity index (χ0v) is 12.3. The Kier molecular flexibility index (Phi) is 4.17. The van der Waals surface area contributed by atoms with Gasteiger partial charge in [-0.25, -0.2) is 4.98 Å². The number of benzene rings is 1. The number of nitrogens with zero attached hydrogens (tertiary/aromatic N) is 2. The first-order chi connectivity index (χ1) is 9.51. The Morgan fingerprint density at radius 3 is 2.75 bits per heavy atom. The number of nitrogens with one attached hydrogen (secondary N) is 2. The molecule has 1 atom stereocenters. The predicted molar refractivity (Wildman–Crippen MR) is 77.6 cm³/mol. The van der Waals surface area contributed by atoms with Crippen LogP contribution in [0.25, 0.3) is 0 Å². The molecule has 2 aromatic rings. The van der Waals surface area contributed by atoms with Gasteiger partial charge >= 0.3 is 0 Å². The van der Waals surface area contributed by atoms with Crippen LogP contribution in [0.1, 0.15) is 53.0 Å². The van der Waals surface area contributed by atoms with Crippen molar-refractivity contribution in [1.29, 1.82) is 0 Å². The third kappa shape index (κ3) is 3.04. The van der Waals surface area contributed by atoms with E-state index in [2.05, 4.69) is 33.5 Å². The maximum absolute atomic E-state index is 12.1. The van der Waals surface area contributed by atoms with Crippen molar-refractivity contribution < 1.29 is 4.79 Å². The molecule has 0 saturated carbocycles. The van der Waals surface area contributed by atoms with Crippen LogP contribution in [-0.2, 0) is 6.42 Å². The van der Waals surface area contributed by atoms with Gasteiger partial charge in [-0.15, -0.1) is 5.10 Å². The quantitative estimate of drug-likeness (QED) is 0.898. The highest BCUT2D eigenvalue weighted by atomic mass is 16.2. The molecule has 5 nitrogen and oxygen atoms in total. The molecule has 20 heavy (non-hydrogen) atoms. The molecule has 0 spiro atoms. The van der Waals surface area contributed by atoms with Gasteiger partial charge in [-0.05, 0) is 31.9 Å². The van der Waals surface area contributed by atoms with Gasteiger partial charge in [0.05, 0.1) is 6.04 Å². The van der Waals surface area contributed by atoms with E-state index in [1.165, 1.54) is 11.1 Å². The highest BCUT2D eigenvalue weighted by Gasteiger charge is 2.16. The lowest BCUT2D eigenvalue weighted by Gasteiger charge is -2.16. The van der Waals surface area contributed by atoms with E-state index in [0.29, 0.717) is 5.82 Å². The molecule has 2 rings (SSSR count). The Morgan fingerprint density at radius 2 is 2.15 bits per heavy atom. The van der Waals surface area contributed by atoms with Gasteiger partial charge in [0, 0.05) is 6.42 Å². The number of aromatic nitrogens is 3. The SMILES string of the molecule is CCc1nc(C(=O)NC(C)c2ccc(C)cc2C)n[nH]1. The van der Waals surface area contributed by atoms with Gasteiger partial charge in [-0.3, -0.25) is 9.89 Å². The average molecular weight is 272 g/mol. The first kappa shape index (κ1) is 14.2. The van der Waals surface area contributed by atoms with Gasteiger partial charge in [0.25, 0.3) is 5.91 Å². The van der Waals surface area contributed by atoms with Gasteiger partial charge in [-0.2, -0.15) is 0 Å². The summed E-state index contributed by atoms with van der Waals surface area (Å²) >= 11 is 0. The number of hydrogen-bond acceptors (Lipinski definition) is 3. The Labute approximate surface area is 118 Å². The van der Waals surface area contributed by atoms with Crippen molar-refractivity contribution in [3.8, 4) is 0 Å². The summed E-state index contributed by atoms with van der Waals surface area (Å²) in [7, 11) is 0. The number of carbonyl (C=O) groups excluding carboxylic acids is 1. The number of amides is 1. The van der Waals surface area contributed by atoms with E-state index >= 15 is 0 Å². The van der Waals surface area contributed by atoms with E-state index in [-0.39, 0.29) is 17.8 Å². The lowest BCUT2D eigenvalue weighted by atomic mass is 10.0. The number of rotatable bonds is 4. The number of hydrogen-bond donors (Lipinski definition) is 2. The largest absolute Gasteiger partial charge is 0.343 e. The number of aromatic amines is 1. The van der Waals surface area contributed by atoms with Crippen molar-refractivity contribution >= 4 is 5.91 Å². The van der Waals surface area contributed by atoms with E-state index in [4.69, 9.17) is 0 Å². The van der Waals surface area contributed by atoms with Gasteiger partial charge in [0.15, 0.2) is 0 Å². The van der Waals surface area contributed by atoms with Crippen LogP contribution in [0.15, 0.2) is 18.2 Å². The smallest absolute Gasteiger partial charge is 0.291 e. The third-order valence-corrected chi connectivity index (χ3v) is 3.31. The fourth-order valence-electron chi connectivity index (χ4n) is 2.21. The van der Waals surface area contributed by atoms with Crippen molar-refractivity contribution in [3.63, 3.8) is 0 Å². The minimum absolute atomic E-state index is 0.0772. The molecule has 1 amide bonds. The zero-order chi connectivity index (χ0) is 14.7. The van der Waals surface area contributed by atoms with Crippen LogP contribution in [0.5, 0.6) is 0 Å². The second kappa shape index (κ2) is 5.86. The monoisotopic (exact) mass is 272 g/mol. The molecule has 0 aliphatic carbocycles. The van der Waals surface area contributed by atoms with Crippen LogP contribution in [0.2, 0.25) is 0 Å². The van der Waals surface area contributed by atoms with E-state index in [9.17, 15) is 4.79 Å². The highest BCUT2D eigenvalue weighted by Crippen LogP contribution is 2.18. The minimum Gasteiger partial charge on any atom is -0.343 e. The topological polar surface area (TPSA) is 70.7 Å². The molecule has 1 unspecified atom stereocenters. The van der Waals surface area contributed by atoms with E-state index in [1.54, 1.807) is 0 Å². The van der Waals surface area contributed by atoms with Crippen LogP contribution < -0.4 is 5.32 Å². The lowest BCUT2D eigenvalue weighted by Crippen LogP contribution is -2.28. The fourth-order valence-corrected chi connectivity index (χ4v) is 2.21. The second-order valence-corrected chi connectivity index (χ2v) is 5.01. The molecule has 0 saturated heterocycles. The number of H-pyrrole nitrogens is 1. The summed E-state index contributed by atoms with van der Waals surface area (Å²) in [4.78, 5) is 16.2. The standard InChI is InChI=1S/C15H20N4O/c1-5-13-17-14(19-18-13)15(20)16-11(4)12-7-6-9(2)8-10(12)3/h6-8,11H,5H2,1-4H3,(H,16,20)(H,17,18,19). The van der Waals surface area contributed by atoms with Gasteiger partial charge in [-0.1, -0.05) is 30.7 Å². The highest BCUT2D eigenvalue weighted by molar-refractivity contribution is 5.90. The Hall–Kier alpha value is -2.17. The van der Waals surface area contributed by atoms with E-state index in [1.807, 2.05) is 32.9 Å². The Bertz CT molecular complexity index is 618. The molecule has 0 radical (unpaired) electrons. The second-order valence-electron chi connectivity index (χ2n) is 5.01. The van der Waals surface area contributed by atoms with Crippen LogP contribution >= 0.6 is 0 Å². The summed E-state index contributed by atoms with van der Waals surface area (Å²) < 4.78 is 0. The van der Waals surface area contributed by atoms with Crippen LogP contribution in [0.3, 0.4) is 0 Å². The molecule has 1 heterocycles. The molecule has 0 fully saturated rings. The van der Waals surface area contributed by atoms with E-state index in [0.717, 1.165) is 12.0 Å². The minimum atomic E-state index is -0.256. The van der Waals surface area contributed by atoms with Gasteiger partial charge in [0.1, 0.15) is 5.82 Å². The maximum atomic E-state index is 12.1. The molecular weight excluding hydrogens is 252 g/mol. The molecule has 5 heteroatoms. The summed E-state index contributed by atoms with van der Waals surface area (Å²) in [6, 6.07) is 6.13. The van der Waals surface area contributed by atoms with Crippen LogP contribution in [-0.4, -0.2) is 21.1 Å². The molecule has 1 aromatic carbocycles. The first-order valence-electron chi connectivity index (χ1n) is 6.80. The molecule has 2 N–H and O–H groups in total. The molecule has 0 aliphatic rings.